The molecule has 1 aliphatic rings. The Labute approximate surface area is 43.0 Å². The molecule has 1 fully saturated rings. The van der Waals surface area contributed by atoms with Crippen molar-refractivity contribution in [3.05, 3.63) is 0 Å². The van der Waals surface area contributed by atoms with Crippen LogP contribution >= 0.6 is 0 Å². The zero-order chi connectivity index (χ0) is 3.54. The fourth-order valence-corrected chi connectivity index (χ4v) is 2.42. The molecule has 0 aromatic rings. The summed E-state index contributed by atoms with van der Waals surface area (Å²) in [6.07, 6.45) is 0. The van der Waals surface area contributed by atoms with Gasteiger partial charge in [0.15, 0.2) is 0 Å². The first-order valence-corrected chi connectivity index (χ1v) is 5.78. The summed E-state index contributed by atoms with van der Waals surface area (Å²) in [6, 6.07) is 0. The molecule has 5 heavy (non-hydrogen) atoms. The molecule has 1 heterocycles. The number of nitrogens with one attached hydrogen (secondary N) is 2. The Kier molecular flexibility index (Phi) is 1.63. The molecule has 1 saturated heterocycles. The Bertz CT molecular complexity index is 19.2. The fourth-order valence-electron chi connectivity index (χ4n) is 0.361. The van der Waals surface area contributed by atoms with Gasteiger partial charge in [-0.05, 0) is 0 Å². The zero-order valence-corrected chi connectivity index (χ0v) is 6.29. The van der Waals surface area contributed by atoms with Crippen LogP contribution in [-0.2, 0) is 0 Å². The van der Waals surface area contributed by atoms with Crippen molar-refractivity contribution in [2.75, 3.05) is 6.54 Å². The van der Waals surface area contributed by atoms with E-state index >= 15 is 0 Å². The van der Waals surface area contributed by atoms with Gasteiger partial charge in [0.2, 0.25) is 0 Å². The van der Waals surface area contributed by atoms with Crippen LogP contribution in [0.25, 0.3) is 0 Å². The Morgan fingerprint density at radius 1 is 1.60 bits per heavy atom. The van der Waals surface area contributed by atoms with E-state index in [0.717, 1.165) is 0 Å². The second-order valence-corrected chi connectivity index (χ2v) is 4.70. The van der Waals surface area contributed by atoms with Crippen LogP contribution in [0.15, 0.2) is 0 Å². The number of rotatable bonds is 0. The first-order chi connectivity index (χ1) is 2.50. The normalized spacial score (nSPS) is 22.4. The summed E-state index contributed by atoms with van der Waals surface area (Å²) < 4.78 is 4.63. The molecule has 0 amide bonds. The van der Waals surface area contributed by atoms with Crippen LogP contribution in [0.4, 0.5) is 0 Å². The molecule has 2 nitrogen and oxygen atoms in total. The van der Waals surface area contributed by atoms with E-state index in [1.165, 1.54) is 10.7 Å². The molecule has 0 bridgehead atoms. The molecule has 0 spiro atoms. The van der Waals surface area contributed by atoms with Gasteiger partial charge >= 0.3 is 42.8 Å². The summed E-state index contributed by atoms with van der Waals surface area (Å²) >= 11 is -0.170. The van der Waals surface area contributed by atoms with E-state index in [1.54, 1.807) is 0 Å². The SMILES string of the molecule is C1[CH2][In][NH]N1. The monoisotopic (exact) mass is 173 g/mol. The third-order valence-electron chi connectivity index (χ3n) is 0.618. The van der Waals surface area contributed by atoms with Gasteiger partial charge < -0.3 is 0 Å². The van der Waals surface area contributed by atoms with Crippen molar-refractivity contribution in [2.24, 2.45) is 0 Å². The summed E-state index contributed by atoms with van der Waals surface area (Å²) in [4.78, 5) is 0. The topological polar surface area (TPSA) is 24.1 Å². The Hall–Kier alpha value is 0.790. The predicted molar refractivity (Wildman–Crippen MR) is 21.7 cm³/mol. The van der Waals surface area contributed by atoms with Gasteiger partial charge in [0.1, 0.15) is 0 Å². The molecule has 1 aliphatic heterocycles. The van der Waals surface area contributed by atoms with Gasteiger partial charge in [-0.15, -0.1) is 0 Å². The number of hydrogen-bond acceptors (Lipinski definition) is 2. The summed E-state index contributed by atoms with van der Waals surface area (Å²) in [5.74, 6) is 0. The quantitative estimate of drug-likeness (QED) is 0.497. The number of hydrazine groups is 1. The Balaban J connectivity index is 2.08. The fraction of sp³-hybridized carbons (Fsp3) is 1.00. The first kappa shape index (κ1) is 3.96. The standard InChI is InChI=1S/C2H6N2.In/c1-2-4-3;/h3-4H,1-2H2;/q-1;+1. The molecule has 1 rings (SSSR count). The zero-order valence-electron chi connectivity index (χ0n) is 2.99. The van der Waals surface area contributed by atoms with Crippen molar-refractivity contribution in [1.29, 1.82) is 0 Å². The molecule has 0 aliphatic carbocycles. The summed E-state index contributed by atoms with van der Waals surface area (Å²) in [6.45, 7) is 1.22. The average molecular weight is 173 g/mol. The van der Waals surface area contributed by atoms with Gasteiger partial charge in [-0.1, -0.05) is 0 Å². The van der Waals surface area contributed by atoms with Crippen molar-refractivity contribution in [1.82, 2.24) is 8.84 Å². The van der Waals surface area contributed by atoms with Crippen LogP contribution < -0.4 is 8.84 Å². The van der Waals surface area contributed by atoms with E-state index in [-0.39, 0.29) is 23.2 Å². The molecule has 1 radical (unpaired) electrons. The molecule has 0 atom stereocenters. The van der Waals surface area contributed by atoms with Gasteiger partial charge in [0, 0.05) is 0 Å². The van der Waals surface area contributed by atoms with E-state index in [2.05, 4.69) is 8.84 Å². The van der Waals surface area contributed by atoms with E-state index in [0.29, 0.717) is 0 Å². The second kappa shape index (κ2) is 2.05. The summed E-state index contributed by atoms with van der Waals surface area (Å²) in [5.41, 5.74) is 3.06. The third-order valence-corrected chi connectivity index (χ3v) is 3.43. The van der Waals surface area contributed by atoms with Crippen molar-refractivity contribution in [3.8, 4) is 0 Å². The van der Waals surface area contributed by atoms with Crippen LogP contribution in [-0.4, -0.2) is 29.7 Å². The van der Waals surface area contributed by atoms with Crippen LogP contribution in [0, 0.1) is 0 Å². The second-order valence-electron chi connectivity index (χ2n) is 1.06. The van der Waals surface area contributed by atoms with E-state index in [1.807, 2.05) is 0 Å². The van der Waals surface area contributed by atoms with Crippen LogP contribution in [0.1, 0.15) is 0 Å². The summed E-state index contributed by atoms with van der Waals surface area (Å²) in [7, 11) is 0. The molecule has 0 aromatic heterocycles. The van der Waals surface area contributed by atoms with Gasteiger partial charge in [0.25, 0.3) is 0 Å². The van der Waals surface area contributed by atoms with Crippen molar-refractivity contribution < 1.29 is 0 Å². The Morgan fingerprint density at radius 2 is 2.60 bits per heavy atom. The molecule has 0 aromatic carbocycles. The Morgan fingerprint density at radius 3 is 2.80 bits per heavy atom. The van der Waals surface area contributed by atoms with Gasteiger partial charge in [-0.2, -0.15) is 0 Å². The average Bonchev–Trinajstić information content (AvgIpc) is 1.76. The molecule has 3 heteroatoms. The van der Waals surface area contributed by atoms with E-state index in [4.69, 9.17) is 0 Å². The molecular formula is C2H6InN2. The predicted octanol–water partition coefficient (Wildman–Crippen LogP) is -0.868. The maximum absolute atomic E-state index is 3.16. The summed E-state index contributed by atoms with van der Waals surface area (Å²) in [5, 5.41) is 0. The molecular weight excluding hydrogens is 167 g/mol. The van der Waals surface area contributed by atoms with Gasteiger partial charge in [-0.3, -0.25) is 0 Å². The van der Waals surface area contributed by atoms with Crippen molar-refractivity contribution in [2.45, 2.75) is 4.18 Å². The van der Waals surface area contributed by atoms with Gasteiger partial charge in [-0.25, -0.2) is 0 Å². The van der Waals surface area contributed by atoms with Crippen LogP contribution in [0.3, 0.4) is 0 Å². The van der Waals surface area contributed by atoms with E-state index in [9.17, 15) is 0 Å². The minimum absolute atomic E-state index is 0.170. The first-order valence-electron chi connectivity index (χ1n) is 1.80. The van der Waals surface area contributed by atoms with E-state index < -0.39 is 0 Å². The van der Waals surface area contributed by atoms with Crippen LogP contribution in [0.5, 0.6) is 0 Å². The van der Waals surface area contributed by atoms with Crippen molar-refractivity contribution >= 4 is 23.2 Å². The van der Waals surface area contributed by atoms with Crippen molar-refractivity contribution in [3.63, 3.8) is 0 Å². The van der Waals surface area contributed by atoms with Gasteiger partial charge in [0.05, 0.1) is 0 Å². The third kappa shape index (κ3) is 1.11. The number of hydrogen-bond donors (Lipinski definition) is 2. The van der Waals surface area contributed by atoms with Crippen LogP contribution in [0.2, 0.25) is 4.18 Å². The maximum atomic E-state index is 3.16. The minimum atomic E-state index is -0.170. The molecule has 2 N–H and O–H groups in total. The molecule has 0 saturated carbocycles. The molecule has 27 valence electrons. The molecule has 0 unspecified atom stereocenters.